The molecule has 1 N–H and O–H groups in total. The van der Waals surface area contributed by atoms with Gasteiger partial charge >= 0.3 is 0 Å². The second-order valence-electron chi connectivity index (χ2n) is 3.81. The van der Waals surface area contributed by atoms with Crippen LogP contribution in [0.5, 0.6) is 0 Å². The minimum absolute atomic E-state index is 0.392. The number of fused-ring (bicyclic) bond motifs is 1. The van der Waals surface area contributed by atoms with Crippen molar-refractivity contribution in [3.05, 3.63) is 41.3 Å². The summed E-state index contributed by atoms with van der Waals surface area (Å²) in [5, 5.41) is 0.392. The molecule has 0 saturated carbocycles. The van der Waals surface area contributed by atoms with Gasteiger partial charge in [-0.05, 0) is 6.92 Å². The second kappa shape index (κ2) is 3.82. The lowest BCUT2D eigenvalue weighted by atomic mass is 10.1. The number of aromatic amines is 1. The molecule has 0 fully saturated rings. The summed E-state index contributed by atoms with van der Waals surface area (Å²) in [5.41, 5.74) is 3.38. The zero-order chi connectivity index (χ0) is 11.8. The summed E-state index contributed by atoms with van der Waals surface area (Å²) in [6.07, 6.45) is 1.56. The fraction of sp³-hybridized carbons (Fsp3) is 0.0833. The van der Waals surface area contributed by atoms with Crippen molar-refractivity contribution in [2.75, 3.05) is 0 Å². The lowest BCUT2D eigenvalue weighted by Crippen LogP contribution is -1.91. The van der Waals surface area contributed by atoms with Crippen molar-refractivity contribution in [2.45, 2.75) is 6.92 Å². The van der Waals surface area contributed by atoms with Crippen LogP contribution < -0.4 is 0 Å². The van der Waals surface area contributed by atoms with Crippen LogP contribution in [0.15, 0.2) is 30.6 Å². The molecule has 0 aliphatic carbocycles. The third-order valence-electron chi connectivity index (χ3n) is 2.55. The molecule has 0 spiro atoms. The van der Waals surface area contributed by atoms with E-state index in [2.05, 4.69) is 19.9 Å². The SMILES string of the molecule is Cc1ccc(-c2nc(Cl)c3[nH]cnc3n2)cc1. The van der Waals surface area contributed by atoms with Crippen molar-refractivity contribution < 1.29 is 0 Å². The Morgan fingerprint density at radius 2 is 1.88 bits per heavy atom. The fourth-order valence-electron chi connectivity index (χ4n) is 1.63. The first-order valence-electron chi connectivity index (χ1n) is 5.18. The molecule has 1 aromatic carbocycles. The van der Waals surface area contributed by atoms with E-state index in [1.165, 1.54) is 5.56 Å². The maximum Gasteiger partial charge on any atom is 0.182 e. The van der Waals surface area contributed by atoms with E-state index in [9.17, 15) is 0 Å². The number of aromatic nitrogens is 4. The summed E-state index contributed by atoms with van der Waals surface area (Å²) in [6, 6.07) is 7.97. The largest absolute Gasteiger partial charge is 0.341 e. The number of nitrogens with one attached hydrogen (secondary N) is 1. The number of hydrogen-bond donors (Lipinski definition) is 1. The molecule has 5 heteroatoms. The lowest BCUT2D eigenvalue weighted by Gasteiger charge is -2.01. The Labute approximate surface area is 103 Å². The van der Waals surface area contributed by atoms with Gasteiger partial charge in [-0.1, -0.05) is 41.4 Å². The third kappa shape index (κ3) is 1.76. The Hall–Kier alpha value is -1.94. The molecule has 0 aliphatic heterocycles. The van der Waals surface area contributed by atoms with E-state index in [0.29, 0.717) is 22.1 Å². The highest BCUT2D eigenvalue weighted by Crippen LogP contribution is 2.22. The van der Waals surface area contributed by atoms with E-state index >= 15 is 0 Å². The second-order valence-corrected chi connectivity index (χ2v) is 4.16. The standard InChI is InChI=1S/C12H9ClN4/c1-7-2-4-8(5-3-7)11-16-10(13)9-12(17-11)15-6-14-9/h2-6H,1H3,(H,14,15,16,17). The molecule has 0 bridgehead atoms. The molecule has 0 unspecified atom stereocenters. The molecule has 0 saturated heterocycles. The number of nitrogens with zero attached hydrogens (tertiary/aromatic N) is 3. The highest BCUT2D eigenvalue weighted by molar-refractivity contribution is 6.33. The normalized spacial score (nSPS) is 10.9. The first-order chi connectivity index (χ1) is 8.24. The smallest absolute Gasteiger partial charge is 0.182 e. The lowest BCUT2D eigenvalue weighted by molar-refractivity contribution is 1.20. The topological polar surface area (TPSA) is 54.5 Å². The van der Waals surface area contributed by atoms with Crippen LogP contribution in [-0.2, 0) is 0 Å². The molecule has 17 heavy (non-hydrogen) atoms. The quantitative estimate of drug-likeness (QED) is 0.670. The van der Waals surface area contributed by atoms with Gasteiger partial charge in [-0.3, -0.25) is 0 Å². The molecule has 3 rings (SSSR count). The van der Waals surface area contributed by atoms with Crippen LogP contribution in [-0.4, -0.2) is 19.9 Å². The van der Waals surface area contributed by atoms with E-state index in [0.717, 1.165) is 5.56 Å². The Balaban J connectivity index is 2.20. The molecule has 2 aromatic heterocycles. The molecular formula is C12H9ClN4. The van der Waals surface area contributed by atoms with Gasteiger partial charge in [-0.25, -0.2) is 15.0 Å². The van der Waals surface area contributed by atoms with Crippen LogP contribution >= 0.6 is 11.6 Å². The first kappa shape index (κ1) is 10.2. The summed E-state index contributed by atoms with van der Waals surface area (Å²) in [7, 11) is 0. The molecule has 84 valence electrons. The van der Waals surface area contributed by atoms with Gasteiger partial charge in [-0.2, -0.15) is 0 Å². The van der Waals surface area contributed by atoms with Gasteiger partial charge in [0.1, 0.15) is 5.52 Å². The first-order valence-corrected chi connectivity index (χ1v) is 5.55. The number of aryl methyl sites for hydroxylation is 1. The maximum absolute atomic E-state index is 6.06. The molecule has 2 heterocycles. The Kier molecular flexibility index (Phi) is 2.30. The summed E-state index contributed by atoms with van der Waals surface area (Å²) >= 11 is 6.06. The predicted molar refractivity (Wildman–Crippen MR) is 66.9 cm³/mol. The summed E-state index contributed by atoms with van der Waals surface area (Å²) in [4.78, 5) is 15.6. The van der Waals surface area contributed by atoms with Crippen molar-refractivity contribution >= 4 is 22.8 Å². The van der Waals surface area contributed by atoms with Crippen LogP contribution in [0, 0.1) is 6.92 Å². The zero-order valence-electron chi connectivity index (χ0n) is 9.11. The zero-order valence-corrected chi connectivity index (χ0v) is 9.86. The number of rotatable bonds is 1. The molecule has 0 amide bonds. The van der Waals surface area contributed by atoms with Crippen molar-refractivity contribution in [1.29, 1.82) is 0 Å². The highest BCUT2D eigenvalue weighted by Gasteiger charge is 2.09. The number of benzene rings is 1. The predicted octanol–water partition coefficient (Wildman–Crippen LogP) is 2.98. The Morgan fingerprint density at radius 3 is 2.65 bits per heavy atom. The summed E-state index contributed by atoms with van der Waals surface area (Å²) in [6.45, 7) is 2.04. The van der Waals surface area contributed by atoms with Crippen LogP contribution in [0.2, 0.25) is 5.15 Å². The van der Waals surface area contributed by atoms with Gasteiger partial charge in [0.2, 0.25) is 0 Å². The van der Waals surface area contributed by atoms with E-state index in [-0.39, 0.29) is 0 Å². The van der Waals surface area contributed by atoms with Gasteiger partial charge in [0.15, 0.2) is 16.6 Å². The van der Waals surface area contributed by atoms with Gasteiger partial charge < -0.3 is 4.98 Å². The van der Waals surface area contributed by atoms with Crippen LogP contribution in [0.4, 0.5) is 0 Å². The van der Waals surface area contributed by atoms with Crippen LogP contribution in [0.25, 0.3) is 22.6 Å². The molecule has 0 radical (unpaired) electrons. The van der Waals surface area contributed by atoms with E-state index in [1.807, 2.05) is 31.2 Å². The molecule has 4 nitrogen and oxygen atoms in total. The average molecular weight is 245 g/mol. The van der Waals surface area contributed by atoms with Gasteiger partial charge in [0.25, 0.3) is 0 Å². The van der Waals surface area contributed by atoms with Crippen molar-refractivity contribution in [2.24, 2.45) is 0 Å². The van der Waals surface area contributed by atoms with Crippen LogP contribution in [0.1, 0.15) is 5.56 Å². The molecule has 3 aromatic rings. The minimum Gasteiger partial charge on any atom is -0.341 e. The summed E-state index contributed by atoms with van der Waals surface area (Å²) in [5.74, 6) is 0.592. The number of H-pyrrole nitrogens is 1. The Bertz CT molecular complexity index is 673. The minimum atomic E-state index is 0.392. The molecule has 0 atom stereocenters. The summed E-state index contributed by atoms with van der Waals surface area (Å²) < 4.78 is 0. The van der Waals surface area contributed by atoms with Gasteiger partial charge in [0.05, 0.1) is 6.33 Å². The number of hydrogen-bond acceptors (Lipinski definition) is 3. The number of halogens is 1. The van der Waals surface area contributed by atoms with E-state index in [1.54, 1.807) is 6.33 Å². The molecule has 0 aliphatic rings. The van der Waals surface area contributed by atoms with Crippen molar-refractivity contribution in [1.82, 2.24) is 19.9 Å². The van der Waals surface area contributed by atoms with Gasteiger partial charge in [0, 0.05) is 5.56 Å². The van der Waals surface area contributed by atoms with E-state index < -0.39 is 0 Å². The van der Waals surface area contributed by atoms with Crippen molar-refractivity contribution in [3.8, 4) is 11.4 Å². The third-order valence-corrected chi connectivity index (χ3v) is 2.82. The average Bonchev–Trinajstić information content (AvgIpc) is 2.78. The fourth-order valence-corrected chi connectivity index (χ4v) is 1.85. The number of imidazole rings is 1. The Morgan fingerprint density at radius 1 is 1.12 bits per heavy atom. The van der Waals surface area contributed by atoms with E-state index in [4.69, 9.17) is 11.6 Å². The molecular weight excluding hydrogens is 236 g/mol. The van der Waals surface area contributed by atoms with Crippen LogP contribution in [0.3, 0.4) is 0 Å². The van der Waals surface area contributed by atoms with Crippen molar-refractivity contribution in [3.63, 3.8) is 0 Å². The highest BCUT2D eigenvalue weighted by atomic mass is 35.5. The van der Waals surface area contributed by atoms with Gasteiger partial charge in [-0.15, -0.1) is 0 Å². The maximum atomic E-state index is 6.06. The monoisotopic (exact) mass is 244 g/mol.